The lowest BCUT2D eigenvalue weighted by atomic mass is 9.92. The average molecular weight is 180 g/mol. The van der Waals surface area contributed by atoms with E-state index in [-0.39, 0.29) is 0 Å². The number of hydrogen-bond donors (Lipinski definition) is 0. The molecule has 13 heavy (non-hydrogen) atoms. The first-order valence-corrected chi connectivity index (χ1v) is 5.13. The van der Waals surface area contributed by atoms with Gasteiger partial charge in [0.1, 0.15) is 0 Å². The van der Waals surface area contributed by atoms with Crippen LogP contribution < -0.4 is 0 Å². The van der Waals surface area contributed by atoms with Gasteiger partial charge in [-0.05, 0) is 39.0 Å². The molecule has 0 aliphatic heterocycles. The summed E-state index contributed by atoms with van der Waals surface area (Å²) in [6, 6.07) is 0. The third-order valence-electron chi connectivity index (χ3n) is 1.77. The molecule has 0 nitrogen and oxygen atoms in total. The van der Waals surface area contributed by atoms with Crippen molar-refractivity contribution in [2.24, 2.45) is 5.41 Å². The Morgan fingerprint density at radius 3 is 2.00 bits per heavy atom. The fourth-order valence-corrected chi connectivity index (χ4v) is 1.40. The van der Waals surface area contributed by atoms with Crippen LogP contribution in [-0.2, 0) is 0 Å². The van der Waals surface area contributed by atoms with Crippen molar-refractivity contribution >= 4 is 0 Å². The molecule has 0 rings (SSSR count). The number of hydrogen-bond acceptors (Lipinski definition) is 0. The second-order valence-electron chi connectivity index (χ2n) is 5.18. The fraction of sp³-hybridized carbons (Fsp3) is 0.692. The lowest BCUT2D eigenvalue weighted by Gasteiger charge is -2.13. The smallest absolute Gasteiger partial charge is 0.0201 e. The zero-order valence-corrected chi connectivity index (χ0v) is 10.1. The maximum atomic E-state index is 2.37. The molecule has 0 radical (unpaired) electrons. The summed E-state index contributed by atoms with van der Waals surface area (Å²) in [6.45, 7) is 13.3. The minimum atomic E-state index is 0.328. The van der Waals surface area contributed by atoms with Crippen molar-refractivity contribution in [3.05, 3.63) is 23.3 Å². The molecule has 0 heteroatoms. The maximum absolute atomic E-state index is 2.37. The third kappa shape index (κ3) is 9.39. The van der Waals surface area contributed by atoms with Crippen LogP contribution in [0.1, 0.15) is 54.4 Å². The van der Waals surface area contributed by atoms with Crippen LogP contribution in [0.4, 0.5) is 0 Å². The van der Waals surface area contributed by atoms with Crippen LogP contribution in [0.2, 0.25) is 0 Å². The van der Waals surface area contributed by atoms with E-state index in [1.165, 1.54) is 24.0 Å². The van der Waals surface area contributed by atoms with Gasteiger partial charge in [-0.25, -0.2) is 0 Å². The maximum Gasteiger partial charge on any atom is -0.0201 e. The molecular weight excluding hydrogens is 156 g/mol. The summed E-state index contributed by atoms with van der Waals surface area (Å²) in [5.41, 5.74) is 3.25. The van der Waals surface area contributed by atoms with Gasteiger partial charge in [0.15, 0.2) is 0 Å². The molecule has 76 valence electrons. The molecule has 0 aromatic heterocycles. The Balaban J connectivity index is 3.95. The molecule has 0 amide bonds. The molecule has 0 heterocycles. The first kappa shape index (κ1) is 12.5. The van der Waals surface area contributed by atoms with E-state index < -0.39 is 0 Å². The summed E-state index contributed by atoms with van der Waals surface area (Å²) >= 11 is 0. The molecule has 0 saturated heterocycles. The topological polar surface area (TPSA) is 0 Å². The third-order valence-corrected chi connectivity index (χ3v) is 1.77. The van der Waals surface area contributed by atoms with Gasteiger partial charge in [0.05, 0.1) is 0 Å². The molecule has 0 saturated carbocycles. The van der Waals surface area contributed by atoms with Gasteiger partial charge in [-0.15, -0.1) is 0 Å². The van der Waals surface area contributed by atoms with Crippen LogP contribution in [0.5, 0.6) is 0 Å². The number of allylic oxidation sites excluding steroid dienone is 4. The minimum absolute atomic E-state index is 0.328. The summed E-state index contributed by atoms with van der Waals surface area (Å²) in [6.07, 6.45) is 7.05. The van der Waals surface area contributed by atoms with Gasteiger partial charge in [0.2, 0.25) is 0 Å². The van der Waals surface area contributed by atoms with E-state index in [0.717, 1.165) is 0 Å². The van der Waals surface area contributed by atoms with Crippen LogP contribution in [0.15, 0.2) is 23.3 Å². The van der Waals surface area contributed by atoms with E-state index in [1.807, 2.05) is 0 Å². The normalized spacial score (nSPS) is 12.9. The standard InChI is InChI=1S/C13H24/c1-11(2)8-7-9-12(3)10-13(4,5)6/h8,10H,7,9H2,1-6H3/b12-10+. The summed E-state index contributed by atoms with van der Waals surface area (Å²) in [7, 11) is 0. The summed E-state index contributed by atoms with van der Waals surface area (Å²) in [5.74, 6) is 0. The lowest BCUT2D eigenvalue weighted by molar-refractivity contribution is 0.537. The molecule has 0 aromatic rings. The zero-order valence-electron chi connectivity index (χ0n) is 10.1. The molecule has 0 aromatic carbocycles. The van der Waals surface area contributed by atoms with Crippen LogP contribution in [-0.4, -0.2) is 0 Å². The van der Waals surface area contributed by atoms with E-state index in [1.54, 1.807) is 0 Å². The molecule has 0 aliphatic rings. The van der Waals surface area contributed by atoms with E-state index in [4.69, 9.17) is 0 Å². The van der Waals surface area contributed by atoms with Crippen LogP contribution in [0.25, 0.3) is 0 Å². The van der Waals surface area contributed by atoms with Crippen molar-refractivity contribution in [2.75, 3.05) is 0 Å². The van der Waals surface area contributed by atoms with Crippen molar-refractivity contribution in [2.45, 2.75) is 54.4 Å². The highest BCUT2D eigenvalue weighted by Gasteiger charge is 2.05. The Hall–Kier alpha value is -0.520. The quantitative estimate of drug-likeness (QED) is 0.551. The Bertz CT molecular complexity index is 195. The van der Waals surface area contributed by atoms with Crippen LogP contribution in [0, 0.1) is 5.41 Å². The van der Waals surface area contributed by atoms with Crippen LogP contribution >= 0.6 is 0 Å². The highest BCUT2D eigenvalue weighted by molar-refractivity contribution is 5.06. The van der Waals surface area contributed by atoms with Gasteiger partial charge in [-0.2, -0.15) is 0 Å². The number of rotatable bonds is 3. The van der Waals surface area contributed by atoms with Crippen molar-refractivity contribution in [3.8, 4) is 0 Å². The summed E-state index contributed by atoms with van der Waals surface area (Å²) in [4.78, 5) is 0. The molecule has 0 bridgehead atoms. The first-order chi connectivity index (χ1) is 5.81. The van der Waals surface area contributed by atoms with Crippen LogP contribution in [0.3, 0.4) is 0 Å². The van der Waals surface area contributed by atoms with Gasteiger partial charge < -0.3 is 0 Å². The Morgan fingerprint density at radius 2 is 1.62 bits per heavy atom. The van der Waals surface area contributed by atoms with Gasteiger partial charge in [0.25, 0.3) is 0 Å². The zero-order chi connectivity index (χ0) is 10.5. The molecular formula is C13H24. The second kappa shape index (κ2) is 5.26. The van der Waals surface area contributed by atoms with Gasteiger partial charge in [-0.1, -0.05) is 44.1 Å². The van der Waals surface area contributed by atoms with Gasteiger partial charge in [0, 0.05) is 0 Å². The molecule has 0 unspecified atom stereocenters. The minimum Gasteiger partial charge on any atom is -0.0856 e. The van der Waals surface area contributed by atoms with E-state index >= 15 is 0 Å². The monoisotopic (exact) mass is 180 g/mol. The molecule has 0 fully saturated rings. The van der Waals surface area contributed by atoms with E-state index in [0.29, 0.717) is 5.41 Å². The fourth-order valence-electron chi connectivity index (χ4n) is 1.40. The average Bonchev–Trinajstić information content (AvgIpc) is 1.81. The first-order valence-electron chi connectivity index (χ1n) is 5.13. The highest BCUT2D eigenvalue weighted by Crippen LogP contribution is 2.19. The molecule has 0 atom stereocenters. The SMILES string of the molecule is CC(C)=CCC/C(C)=C/C(C)(C)C. The molecule has 0 spiro atoms. The predicted molar refractivity (Wildman–Crippen MR) is 61.9 cm³/mol. The summed E-state index contributed by atoms with van der Waals surface area (Å²) in [5, 5.41) is 0. The summed E-state index contributed by atoms with van der Waals surface area (Å²) < 4.78 is 0. The second-order valence-corrected chi connectivity index (χ2v) is 5.18. The predicted octanol–water partition coefficient (Wildman–Crippen LogP) is 4.73. The Labute approximate surface area is 83.7 Å². The Morgan fingerprint density at radius 1 is 1.08 bits per heavy atom. The van der Waals surface area contributed by atoms with Gasteiger partial charge in [-0.3, -0.25) is 0 Å². The molecule has 0 N–H and O–H groups in total. The van der Waals surface area contributed by atoms with E-state index in [2.05, 4.69) is 53.7 Å². The molecule has 0 aliphatic carbocycles. The lowest BCUT2D eigenvalue weighted by Crippen LogP contribution is -2.00. The Kier molecular flexibility index (Phi) is 5.05. The van der Waals surface area contributed by atoms with Crippen molar-refractivity contribution in [1.29, 1.82) is 0 Å². The highest BCUT2D eigenvalue weighted by atomic mass is 14.1. The van der Waals surface area contributed by atoms with Crippen molar-refractivity contribution < 1.29 is 0 Å². The van der Waals surface area contributed by atoms with Gasteiger partial charge >= 0.3 is 0 Å². The van der Waals surface area contributed by atoms with E-state index in [9.17, 15) is 0 Å². The van der Waals surface area contributed by atoms with Crippen molar-refractivity contribution in [1.82, 2.24) is 0 Å². The van der Waals surface area contributed by atoms with Crippen molar-refractivity contribution in [3.63, 3.8) is 0 Å². The largest absolute Gasteiger partial charge is 0.0856 e.